The molecule has 0 N–H and O–H groups in total. The summed E-state index contributed by atoms with van der Waals surface area (Å²) in [7, 11) is 0. The van der Waals surface area contributed by atoms with Gasteiger partial charge in [0.25, 0.3) is 0 Å². The molecule has 2 aromatic rings. The van der Waals surface area contributed by atoms with E-state index >= 15 is 0 Å². The van der Waals surface area contributed by atoms with Crippen LogP contribution in [0.1, 0.15) is 10.4 Å². The summed E-state index contributed by atoms with van der Waals surface area (Å²) in [5.41, 5.74) is 0.826. The molecule has 0 spiro atoms. The van der Waals surface area contributed by atoms with Gasteiger partial charge in [-0.25, -0.2) is 0 Å². The molecule has 1 aromatic heterocycles. The normalized spacial score (nSPS) is 16.4. The van der Waals surface area contributed by atoms with E-state index in [-0.39, 0.29) is 0 Å². The number of aldehydes is 1. The van der Waals surface area contributed by atoms with Crippen LogP contribution in [0.15, 0.2) is 24.3 Å². The van der Waals surface area contributed by atoms with Crippen molar-refractivity contribution < 1.29 is 9.53 Å². The predicted octanol–water partition coefficient (Wildman–Crippen LogP) is 2.55. The summed E-state index contributed by atoms with van der Waals surface area (Å²) in [5, 5.41) is 2.15. The van der Waals surface area contributed by atoms with E-state index in [0.29, 0.717) is 0 Å². The highest BCUT2D eigenvalue weighted by Crippen LogP contribution is 2.37. The Kier molecular flexibility index (Phi) is 2.82. The van der Waals surface area contributed by atoms with E-state index in [2.05, 4.69) is 11.0 Å². The van der Waals surface area contributed by atoms with E-state index < -0.39 is 0 Å². The number of benzene rings is 1. The summed E-state index contributed by atoms with van der Waals surface area (Å²) in [6.45, 7) is 3.22. The van der Waals surface area contributed by atoms with Crippen molar-refractivity contribution >= 4 is 32.7 Å². The molecule has 0 bridgehead atoms. The van der Waals surface area contributed by atoms with Gasteiger partial charge in [0.2, 0.25) is 0 Å². The summed E-state index contributed by atoms with van der Waals surface area (Å²) in [6, 6.07) is 8.07. The Morgan fingerprint density at radius 2 is 2.00 bits per heavy atom. The number of morpholine rings is 1. The van der Waals surface area contributed by atoms with Gasteiger partial charge in [0.05, 0.1) is 18.8 Å². The Labute approximate surface area is 104 Å². The number of hydrogen-bond donors (Lipinski definition) is 0. The molecule has 1 aromatic carbocycles. The minimum Gasteiger partial charge on any atom is -0.378 e. The van der Waals surface area contributed by atoms with Gasteiger partial charge in [-0.15, -0.1) is 11.3 Å². The molecule has 0 aliphatic carbocycles. The van der Waals surface area contributed by atoms with Crippen LogP contribution in [0.5, 0.6) is 0 Å². The lowest BCUT2D eigenvalue weighted by molar-refractivity contribution is 0.112. The Hall–Kier alpha value is -1.39. The van der Waals surface area contributed by atoms with Crippen LogP contribution in [0, 0.1) is 0 Å². The summed E-state index contributed by atoms with van der Waals surface area (Å²) < 4.78 is 6.52. The lowest BCUT2D eigenvalue weighted by Crippen LogP contribution is -2.36. The SMILES string of the molecule is O=Cc1c(N2CCOCC2)sc2ccccc12. The minimum atomic E-state index is 0.743. The molecule has 17 heavy (non-hydrogen) atoms. The molecule has 0 unspecified atom stereocenters. The number of carbonyl (C=O) groups excluding carboxylic acids is 1. The Balaban J connectivity index is 2.11. The van der Waals surface area contributed by atoms with Crippen molar-refractivity contribution in [2.45, 2.75) is 0 Å². The molecule has 1 aliphatic heterocycles. The van der Waals surface area contributed by atoms with Crippen LogP contribution < -0.4 is 4.90 Å². The molecule has 1 fully saturated rings. The molecule has 0 saturated carbocycles. The van der Waals surface area contributed by atoms with Crippen molar-refractivity contribution in [2.75, 3.05) is 31.2 Å². The first-order valence-corrected chi connectivity index (χ1v) is 6.51. The maximum atomic E-state index is 11.3. The zero-order valence-electron chi connectivity index (χ0n) is 9.39. The van der Waals surface area contributed by atoms with Crippen molar-refractivity contribution in [3.05, 3.63) is 29.8 Å². The lowest BCUT2D eigenvalue weighted by Gasteiger charge is -2.27. The number of thiophene rings is 1. The van der Waals surface area contributed by atoms with E-state index in [1.165, 1.54) is 4.70 Å². The van der Waals surface area contributed by atoms with Crippen LogP contribution >= 0.6 is 11.3 Å². The lowest BCUT2D eigenvalue weighted by atomic mass is 10.2. The smallest absolute Gasteiger partial charge is 0.153 e. The monoisotopic (exact) mass is 247 g/mol. The first-order valence-electron chi connectivity index (χ1n) is 5.69. The summed E-state index contributed by atoms with van der Waals surface area (Å²) in [4.78, 5) is 13.5. The van der Waals surface area contributed by atoms with Crippen molar-refractivity contribution in [1.29, 1.82) is 0 Å². The van der Waals surface area contributed by atoms with E-state index in [1.807, 2.05) is 18.2 Å². The number of ether oxygens (including phenoxy) is 1. The molecular formula is C13H13NO2S. The molecule has 0 radical (unpaired) electrons. The van der Waals surface area contributed by atoms with Gasteiger partial charge in [-0.1, -0.05) is 18.2 Å². The van der Waals surface area contributed by atoms with Gasteiger partial charge in [-0.2, -0.15) is 0 Å². The fourth-order valence-electron chi connectivity index (χ4n) is 2.17. The average Bonchev–Trinajstić information content (AvgIpc) is 2.78. The van der Waals surface area contributed by atoms with Crippen LogP contribution in [0.3, 0.4) is 0 Å². The van der Waals surface area contributed by atoms with Gasteiger partial charge in [0.15, 0.2) is 6.29 Å². The highest BCUT2D eigenvalue weighted by atomic mass is 32.1. The zero-order chi connectivity index (χ0) is 11.7. The third-order valence-corrected chi connectivity index (χ3v) is 4.28. The van der Waals surface area contributed by atoms with Gasteiger partial charge < -0.3 is 9.64 Å². The van der Waals surface area contributed by atoms with Gasteiger partial charge in [0, 0.05) is 23.2 Å². The van der Waals surface area contributed by atoms with E-state index in [9.17, 15) is 4.79 Å². The fraction of sp³-hybridized carbons (Fsp3) is 0.308. The van der Waals surface area contributed by atoms with Crippen LogP contribution in [0.4, 0.5) is 5.00 Å². The number of hydrogen-bond acceptors (Lipinski definition) is 4. The van der Waals surface area contributed by atoms with Gasteiger partial charge in [0.1, 0.15) is 5.00 Å². The molecule has 0 amide bonds. The van der Waals surface area contributed by atoms with Crippen LogP contribution in [0.2, 0.25) is 0 Å². The molecule has 3 rings (SSSR count). The topological polar surface area (TPSA) is 29.5 Å². The number of carbonyl (C=O) groups is 1. The van der Waals surface area contributed by atoms with E-state index in [4.69, 9.17) is 4.74 Å². The second-order valence-electron chi connectivity index (χ2n) is 4.03. The Morgan fingerprint density at radius 3 is 2.76 bits per heavy atom. The predicted molar refractivity (Wildman–Crippen MR) is 70.2 cm³/mol. The maximum Gasteiger partial charge on any atom is 0.153 e. The standard InChI is InChI=1S/C13H13NO2S/c15-9-11-10-3-1-2-4-12(10)17-13(11)14-5-7-16-8-6-14/h1-4,9H,5-8H2. The number of anilines is 1. The van der Waals surface area contributed by atoms with Crippen molar-refractivity contribution in [1.82, 2.24) is 0 Å². The average molecular weight is 247 g/mol. The molecule has 1 saturated heterocycles. The second-order valence-corrected chi connectivity index (χ2v) is 5.06. The molecular weight excluding hydrogens is 234 g/mol. The second kappa shape index (κ2) is 4.47. The molecule has 88 valence electrons. The first kappa shape index (κ1) is 10.7. The van der Waals surface area contributed by atoms with Crippen LogP contribution in [-0.4, -0.2) is 32.6 Å². The Bertz CT molecular complexity index is 543. The maximum absolute atomic E-state index is 11.3. The number of fused-ring (bicyclic) bond motifs is 1. The summed E-state index contributed by atoms with van der Waals surface area (Å²) in [6.07, 6.45) is 0.976. The largest absolute Gasteiger partial charge is 0.378 e. The van der Waals surface area contributed by atoms with Gasteiger partial charge >= 0.3 is 0 Å². The van der Waals surface area contributed by atoms with Gasteiger partial charge in [-0.05, 0) is 6.07 Å². The number of nitrogens with zero attached hydrogens (tertiary/aromatic N) is 1. The van der Waals surface area contributed by atoms with E-state index in [0.717, 1.165) is 48.5 Å². The quantitative estimate of drug-likeness (QED) is 0.764. The van der Waals surface area contributed by atoms with Crippen LogP contribution in [0.25, 0.3) is 10.1 Å². The Morgan fingerprint density at radius 1 is 1.24 bits per heavy atom. The summed E-state index contributed by atoms with van der Waals surface area (Å²) in [5.74, 6) is 0. The highest BCUT2D eigenvalue weighted by molar-refractivity contribution is 7.23. The molecule has 4 heteroatoms. The summed E-state index contributed by atoms with van der Waals surface area (Å²) >= 11 is 1.69. The van der Waals surface area contributed by atoms with Crippen molar-refractivity contribution in [2.24, 2.45) is 0 Å². The molecule has 0 atom stereocenters. The third-order valence-electron chi connectivity index (χ3n) is 3.03. The number of rotatable bonds is 2. The minimum absolute atomic E-state index is 0.743. The van der Waals surface area contributed by atoms with E-state index in [1.54, 1.807) is 11.3 Å². The molecule has 2 heterocycles. The molecule has 1 aliphatic rings. The molecule has 3 nitrogen and oxygen atoms in total. The van der Waals surface area contributed by atoms with Gasteiger partial charge in [-0.3, -0.25) is 4.79 Å². The first-order chi connectivity index (χ1) is 8.40. The highest BCUT2D eigenvalue weighted by Gasteiger charge is 2.19. The van der Waals surface area contributed by atoms with Crippen molar-refractivity contribution in [3.8, 4) is 0 Å². The fourth-order valence-corrected chi connectivity index (χ4v) is 3.39. The van der Waals surface area contributed by atoms with Crippen LogP contribution in [-0.2, 0) is 4.74 Å². The third kappa shape index (κ3) is 1.83. The zero-order valence-corrected chi connectivity index (χ0v) is 10.2. The van der Waals surface area contributed by atoms with Crippen molar-refractivity contribution in [3.63, 3.8) is 0 Å².